The zero-order valence-electron chi connectivity index (χ0n) is 19.2. The first-order valence-electron chi connectivity index (χ1n) is 10.3. The summed E-state index contributed by atoms with van der Waals surface area (Å²) in [7, 11) is 0. The standard InChI is InChI=1S/C21H11F3N6O10/c22-21(23,24)10-5-11(25-19(31)15-3-1-13(27(33)34)8-17(15)29(37)38)7-12(6-10)26-20(32)16-4-2-14(28(35)36)9-18(16)30(39)40/h1-9H,(H,25,31)(H,26,32). The molecule has 0 heterocycles. The number of hydrogen-bond acceptors (Lipinski definition) is 10. The predicted molar refractivity (Wildman–Crippen MR) is 127 cm³/mol. The van der Waals surface area contributed by atoms with Gasteiger partial charge < -0.3 is 10.6 Å². The van der Waals surface area contributed by atoms with Crippen molar-refractivity contribution in [1.29, 1.82) is 0 Å². The van der Waals surface area contributed by atoms with Crippen LogP contribution in [-0.2, 0) is 6.18 Å². The van der Waals surface area contributed by atoms with E-state index in [9.17, 15) is 63.2 Å². The highest BCUT2D eigenvalue weighted by Gasteiger charge is 2.32. The molecule has 0 aliphatic heterocycles. The van der Waals surface area contributed by atoms with Crippen molar-refractivity contribution in [1.82, 2.24) is 0 Å². The third-order valence-electron chi connectivity index (χ3n) is 5.04. The van der Waals surface area contributed by atoms with Gasteiger partial charge in [-0.15, -0.1) is 0 Å². The fraction of sp³-hybridized carbons (Fsp3) is 0.0476. The molecule has 3 aromatic carbocycles. The summed E-state index contributed by atoms with van der Waals surface area (Å²) in [5, 5.41) is 48.3. The summed E-state index contributed by atoms with van der Waals surface area (Å²) in [6.45, 7) is 0. The van der Waals surface area contributed by atoms with E-state index in [0.717, 1.165) is 30.3 Å². The van der Waals surface area contributed by atoms with Gasteiger partial charge in [0.2, 0.25) is 0 Å². The van der Waals surface area contributed by atoms with E-state index in [1.807, 2.05) is 10.6 Å². The fourth-order valence-corrected chi connectivity index (χ4v) is 3.29. The second kappa shape index (κ2) is 10.8. The van der Waals surface area contributed by atoms with E-state index in [1.165, 1.54) is 0 Å². The maximum Gasteiger partial charge on any atom is 0.416 e. The van der Waals surface area contributed by atoms with E-state index < -0.39 is 88.5 Å². The summed E-state index contributed by atoms with van der Waals surface area (Å²) >= 11 is 0. The fourth-order valence-electron chi connectivity index (χ4n) is 3.29. The summed E-state index contributed by atoms with van der Waals surface area (Å²) < 4.78 is 40.6. The molecule has 0 fully saturated rings. The van der Waals surface area contributed by atoms with Crippen LogP contribution in [0.15, 0.2) is 54.6 Å². The Labute approximate surface area is 217 Å². The number of nitrogens with one attached hydrogen (secondary N) is 2. The first-order chi connectivity index (χ1) is 18.6. The molecule has 206 valence electrons. The Balaban J connectivity index is 2.00. The molecule has 3 aromatic rings. The van der Waals surface area contributed by atoms with Gasteiger partial charge >= 0.3 is 6.18 Å². The average Bonchev–Trinajstić information content (AvgIpc) is 2.86. The minimum Gasteiger partial charge on any atom is -0.322 e. The van der Waals surface area contributed by atoms with Crippen molar-refractivity contribution < 1.29 is 42.5 Å². The molecule has 0 aliphatic rings. The average molecular weight is 564 g/mol. The lowest BCUT2D eigenvalue weighted by Crippen LogP contribution is -2.17. The molecule has 0 saturated heterocycles. The highest BCUT2D eigenvalue weighted by atomic mass is 19.4. The van der Waals surface area contributed by atoms with Gasteiger partial charge in [-0.2, -0.15) is 13.2 Å². The zero-order valence-corrected chi connectivity index (χ0v) is 19.2. The normalized spacial score (nSPS) is 10.9. The molecule has 40 heavy (non-hydrogen) atoms. The van der Waals surface area contributed by atoms with Gasteiger partial charge in [0.1, 0.15) is 11.1 Å². The Morgan fingerprint density at radius 2 is 0.975 bits per heavy atom. The molecule has 16 nitrogen and oxygen atoms in total. The number of nitrogens with zero attached hydrogens (tertiary/aromatic N) is 4. The van der Waals surface area contributed by atoms with Crippen LogP contribution >= 0.6 is 0 Å². The molecule has 19 heteroatoms. The third-order valence-corrected chi connectivity index (χ3v) is 5.04. The van der Waals surface area contributed by atoms with E-state index in [4.69, 9.17) is 0 Å². The van der Waals surface area contributed by atoms with Gasteiger partial charge in [-0.3, -0.25) is 50.0 Å². The maximum atomic E-state index is 13.5. The Hall–Kier alpha value is -6.01. The highest BCUT2D eigenvalue weighted by molar-refractivity contribution is 6.09. The molecule has 3 rings (SSSR count). The zero-order chi connectivity index (χ0) is 29.9. The number of alkyl halides is 3. The van der Waals surface area contributed by atoms with E-state index in [0.29, 0.717) is 24.3 Å². The van der Waals surface area contributed by atoms with Crippen LogP contribution in [0.4, 0.5) is 47.3 Å². The predicted octanol–water partition coefficient (Wildman–Crippen LogP) is 4.84. The molecule has 2 N–H and O–H groups in total. The van der Waals surface area contributed by atoms with Gasteiger partial charge in [-0.05, 0) is 30.3 Å². The minimum absolute atomic E-state index is 0.416. The van der Waals surface area contributed by atoms with Crippen molar-refractivity contribution in [2.75, 3.05) is 10.6 Å². The summed E-state index contributed by atoms with van der Waals surface area (Å²) in [5.74, 6) is -2.66. The lowest BCUT2D eigenvalue weighted by atomic mass is 10.1. The van der Waals surface area contributed by atoms with Crippen LogP contribution < -0.4 is 10.6 Å². The highest BCUT2D eigenvalue weighted by Crippen LogP contribution is 2.35. The number of amides is 2. The number of nitro benzene ring substituents is 4. The van der Waals surface area contributed by atoms with Crippen LogP contribution in [0.2, 0.25) is 0 Å². The monoisotopic (exact) mass is 564 g/mol. The Kier molecular flexibility index (Phi) is 7.69. The second-order valence-electron chi connectivity index (χ2n) is 7.64. The van der Waals surface area contributed by atoms with Gasteiger partial charge in [0.05, 0.1) is 37.4 Å². The number of hydrogen-bond donors (Lipinski definition) is 2. The maximum absolute atomic E-state index is 13.5. The lowest BCUT2D eigenvalue weighted by molar-refractivity contribution is -0.394. The molecule has 0 radical (unpaired) electrons. The van der Waals surface area contributed by atoms with Crippen molar-refractivity contribution in [3.63, 3.8) is 0 Å². The molecule has 0 spiro atoms. The number of nitro groups is 4. The van der Waals surface area contributed by atoms with Crippen molar-refractivity contribution in [2.45, 2.75) is 6.18 Å². The van der Waals surface area contributed by atoms with Crippen LogP contribution in [0.5, 0.6) is 0 Å². The van der Waals surface area contributed by atoms with E-state index in [1.54, 1.807) is 0 Å². The number of rotatable bonds is 8. The van der Waals surface area contributed by atoms with Gasteiger partial charge in [0, 0.05) is 23.5 Å². The van der Waals surface area contributed by atoms with Gasteiger partial charge in [-0.25, -0.2) is 0 Å². The van der Waals surface area contributed by atoms with Crippen molar-refractivity contribution >= 4 is 45.9 Å². The van der Waals surface area contributed by atoms with Gasteiger partial charge in [0.25, 0.3) is 34.6 Å². The summed E-state index contributed by atoms with van der Waals surface area (Å²) in [6.07, 6.45) is -5.04. The summed E-state index contributed by atoms with van der Waals surface area (Å²) in [4.78, 5) is 65.5. The topological polar surface area (TPSA) is 231 Å². The van der Waals surface area contributed by atoms with Crippen molar-refractivity contribution in [3.05, 3.63) is 112 Å². The van der Waals surface area contributed by atoms with Crippen LogP contribution in [0.25, 0.3) is 0 Å². The Morgan fingerprint density at radius 1 is 0.600 bits per heavy atom. The number of carbonyl (C=O) groups excluding carboxylic acids is 2. The second-order valence-corrected chi connectivity index (χ2v) is 7.64. The minimum atomic E-state index is -5.04. The molecule has 0 aliphatic carbocycles. The molecule has 0 unspecified atom stereocenters. The lowest BCUT2D eigenvalue weighted by Gasteiger charge is -2.14. The molecular formula is C21H11F3N6O10. The van der Waals surface area contributed by atoms with Crippen LogP contribution in [0.3, 0.4) is 0 Å². The van der Waals surface area contributed by atoms with Crippen molar-refractivity contribution in [3.8, 4) is 0 Å². The summed E-state index contributed by atoms with van der Waals surface area (Å²) in [6, 6.07) is 5.53. The molecule has 0 saturated carbocycles. The first kappa shape index (κ1) is 28.6. The van der Waals surface area contributed by atoms with E-state index >= 15 is 0 Å². The third kappa shape index (κ3) is 6.27. The Morgan fingerprint density at radius 3 is 1.27 bits per heavy atom. The largest absolute Gasteiger partial charge is 0.416 e. The number of benzene rings is 3. The number of halogens is 3. The van der Waals surface area contributed by atoms with Gasteiger partial charge in [0.15, 0.2) is 0 Å². The summed E-state index contributed by atoms with van der Waals surface area (Å²) in [5.41, 5.74) is -7.66. The molecular weight excluding hydrogens is 553 g/mol. The van der Waals surface area contributed by atoms with Crippen LogP contribution in [0.1, 0.15) is 26.3 Å². The van der Waals surface area contributed by atoms with E-state index in [-0.39, 0.29) is 0 Å². The van der Waals surface area contributed by atoms with Crippen LogP contribution in [-0.4, -0.2) is 31.5 Å². The molecule has 0 atom stereocenters. The van der Waals surface area contributed by atoms with Crippen molar-refractivity contribution in [2.24, 2.45) is 0 Å². The smallest absolute Gasteiger partial charge is 0.322 e. The van der Waals surface area contributed by atoms with Crippen LogP contribution in [0, 0.1) is 40.5 Å². The van der Waals surface area contributed by atoms with Gasteiger partial charge in [-0.1, -0.05) is 0 Å². The SMILES string of the molecule is O=C(Nc1cc(NC(=O)c2ccc([N+](=O)[O-])cc2[N+](=O)[O-])cc(C(F)(F)F)c1)c1ccc([N+](=O)[O-])cc1[N+](=O)[O-]. The molecule has 2 amide bonds. The molecule has 0 bridgehead atoms. The number of non-ortho nitro benzene ring substituents is 2. The first-order valence-corrected chi connectivity index (χ1v) is 10.3. The Bertz CT molecular complexity index is 1500. The van der Waals surface area contributed by atoms with E-state index in [2.05, 4.69) is 0 Å². The molecule has 0 aromatic heterocycles. The number of anilines is 2. The quantitative estimate of drug-likeness (QED) is 0.279. The number of carbonyl (C=O) groups is 2.